The number of aromatic hydroxyl groups is 1. The number of aromatic nitrogens is 1. The Bertz CT molecular complexity index is 1060. The monoisotopic (exact) mass is 448 g/mol. The molecular weight excluding hydrogens is 429 g/mol. The summed E-state index contributed by atoms with van der Waals surface area (Å²) in [5.41, 5.74) is -4.69. The van der Waals surface area contributed by atoms with Gasteiger partial charge in [-0.05, 0) is 26.3 Å². The number of halogens is 4. The number of nitrogens with zero attached hydrogens (tertiary/aromatic N) is 1. The Labute approximate surface area is 174 Å². The van der Waals surface area contributed by atoms with Crippen molar-refractivity contribution in [3.8, 4) is 5.75 Å². The van der Waals surface area contributed by atoms with Crippen molar-refractivity contribution in [3.05, 3.63) is 22.9 Å². The summed E-state index contributed by atoms with van der Waals surface area (Å²) in [6.45, 7) is 6.48. The van der Waals surface area contributed by atoms with Crippen molar-refractivity contribution in [2.24, 2.45) is 0 Å². The van der Waals surface area contributed by atoms with Gasteiger partial charge in [-0.15, -0.1) is 11.6 Å². The van der Waals surface area contributed by atoms with Gasteiger partial charge in [0.25, 0.3) is 0 Å². The van der Waals surface area contributed by atoms with Crippen LogP contribution in [0.5, 0.6) is 5.75 Å². The van der Waals surface area contributed by atoms with E-state index in [0.29, 0.717) is 0 Å². The molecule has 1 aliphatic heterocycles. The number of ether oxygens (including phenoxy) is 1. The topological polar surface area (TPSA) is 103 Å². The van der Waals surface area contributed by atoms with Gasteiger partial charge in [-0.1, -0.05) is 6.92 Å². The van der Waals surface area contributed by atoms with E-state index >= 15 is 0 Å². The largest absolute Gasteiger partial charge is 0.506 e. The SMILES string of the molecule is CC(C)(C)OC(=O)N1CC(C)(CCl)c2c1cc(O)c1[nH]c(C(F)(F)F)c(C(=O)O)c21. The number of benzene rings is 1. The third-order valence-corrected chi connectivity index (χ3v) is 5.43. The van der Waals surface area contributed by atoms with Crippen LogP contribution in [0.25, 0.3) is 10.9 Å². The lowest BCUT2D eigenvalue weighted by atomic mass is 9.83. The van der Waals surface area contributed by atoms with Gasteiger partial charge in [0.1, 0.15) is 17.0 Å². The van der Waals surface area contributed by atoms with Crippen molar-refractivity contribution < 1.29 is 37.7 Å². The molecule has 0 spiro atoms. The first-order valence-corrected chi connectivity index (χ1v) is 9.43. The van der Waals surface area contributed by atoms with Crippen LogP contribution in [0.3, 0.4) is 0 Å². The molecule has 30 heavy (non-hydrogen) atoms. The summed E-state index contributed by atoms with van der Waals surface area (Å²) in [5.74, 6) is -2.58. The second-order valence-corrected chi connectivity index (χ2v) is 8.75. The highest BCUT2D eigenvalue weighted by molar-refractivity contribution is 6.20. The Morgan fingerprint density at radius 3 is 2.40 bits per heavy atom. The number of carboxylic acid groups (broad SMARTS) is 1. The Kier molecular flexibility index (Phi) is 4.93. The minimum atomic E-state index is -5.01. The molecule has 0 saturated carbocycles. The number of rotatable bonds is 2. The molecule has 3 N–H and O–H groups in total. The molecule has 2 aromatic rings. The second kappa shape index (κ2) is 6.69. The van der Waals surface area contributed by atoms with Crippen molar-refractivity contribution in [3.63, 3.8) is 0 Å². The zero-order valence-corrected chi connectivity index (χ0v) is 17.3. The lowest BCUT2D eigenvalue weighted by Crippen LogP contribution is -2.39. The summed E-state index contributed by atoms with van der Waals surface area (Å²) in [6.07, 6.45) is -5.80. The van der Waals surface area contributed by atoms with Crippen LogP contribution in [0.4, 0.5) is 23.7 Å². The number of carbonyl (C=O) groups excluding carboxylic acids is 1. The van der Waals surface area contributed by atoms with Crippen LogP contribution < -0.4 is 4.90 Å². The first kappa shape index (κ1) is 22.1. The van der Waals surface area contributed by atoms with E-state index in [1.54, 1.807) is 27.7 Å². The highest BCUT2D eigenvalue weighted by atomic mass is 35.5. The predicted octanol–water partition coefficient (Wildman–Crippen LogP) is 4.84. The lowest BCUT2D eigenvalue weighted by molar-refractivity contribution is -0.141. The Hall–Kier alpha value is -2.62. The van der Waals surface area contributed by atoms with Crippen LogP contribution >= 0.6 is 11.6 Å². The van der Waals surface area contributed by atoms with E-state index in [1.165, 1.54) is 0 Å². The van der Waals surface area contributed by atoms with Crippen LogP contribution in [0, 0.1) is 0 Å². The quantitative estimate of drug-likeness (QED) is 0.570. The molecule has 0 radical (unpaired) electrons. The number of H-pyrrole nitrogens is 1. The van der Waals surface area contributed by atoms with Gasteiger partial charge in [-0.3, -0.25) is 4.90 Å². The van der Waals surface area contributed by atoms with Crippen LogP contribution in [0.15, 0.2) is 6.07 Å². The Morgan fingerprint density at radius 1 is 1.33 bits per heavy atom. The van der Waals surface area contributed by atoms with Crippen molar-refractivity contribution in [1.29, 1.82) is 0 Å². The smallest absolute Gasteiger partial charge is 0.432 e. The number of fused-ring (bicyclic) bond motifs is 3. The molecule has 3 rings (SSSR count). The third kappa shape index (κ3) is 3.42. The molecule has 2 heterocycles. The maximum atomic E-state index is 13.5. The highest BCUT2D eigenvalue weighted by Gasteiger charge is 2.47. The molecule has 11 heteroatoms. The maximum Gasteiger partial charge on any atom is 0.432 e. The van der Waals surface area contributed by atoms with Crippen molar-refractivity contribution in [2.45, 2.75) is 44.9 Å². The van der Waals surface area contributed by atoms with Gasteiger partial charge >= 0.3 is 18.2 Å². The van der Waals surface area contributed by atoms with Crippen molar-refractivity contribution in [1.82, 2.24) is 4.98 Å². The van der Waals surface area contributed by atoms with Crippen LogP contribution in [0.1, 0.15) is 49.3 Å². The molecule has 1 unspecified atom stereocenters. The number of amides is 1. The fourth-order valence-electron chi connectivity index (χ4n) is 3.70. The van der Waals surface area contributed by atoms with Gasteiger partial charge in [0, 0.05) is 29.3 Å². The molecule has 1 aromatic heterocycles. The van der Waals surface area contributed by atoms with E-state index in [-0.39, 0.29) is 34.6 Å². The number of anilines is 1. The van der Waals surface area contributed by atoms with Crippen molar-refractivity contribution in [2.75, 3.05) is 17.3 Å². The van der Waals surface area contributed by atoms with Gasteiger partial charge in [-0.25, -0.2) is 9.59 Å². The Morgan fingerprint density at radius 2 is 1.93 bits per heavy atom. The van der Waals surface area contributed by atoms with Gasteiger partial charge in [0.05, 0.1) is 16.8 Å². The fourth-order valence-corrected chi connectivity index (χ4v) is 3.91. The molecular formula is C19H20ClF3N2O5. The standard InChI is InChI=1S/C19H20ClF3N2O5/c1-17(2,3)30-16(29)25-7-18(4,6-20)12-8(25)5-9(26)13-10(12)11(15(27)28)14(24-13)19(21,22)23/h5,24,26H,6-7H2,1-4H3,(H,27,28). The van der Waals surface area contributed by atoms with Gasteiger partial charge in [0.15, 0.2) is 0 Å². The van der Waals surface area contributed by atoms with Gasteiger partial charge in [0.2, 0.25) is 0 Å². The fraction of sp³-hybridized carbons (Fsp3) is 0.474. The molecule has 1 amide bonds. The average molecular weight is 449 g/mol. The van der Waals surface area contributed by atoms with E-state index in [0.717, 1.165) is 11.0 Å². The number of hydrogen-bond donors (Lipinski definition) is 3. The first-order valence-electron chi connectivity index (χ1n) is 8.90. The van der Waals surface area contributed by atoms with Crippen LogP contribution in [-0.4, -0.2) is 45.3 Å². The minimum Gasteiger partial charge on any atom is -0.506 e. The second-order valence-electron chi connectivity index (χ2n) is 8.48. The van der Waals surface area contributed by atoms with Crippen LogP contribution in [-0.2, 0) is 16.3 Å². The zero-order valence-electron chi connectivity index (χ0n) is 16.6. The number of carboxylic acids is 1. The number of phenolic OH excluding ortho intramolecular Hbond substituents is 1. The summed E-state index contributed by atoms with van der Waals surface area (Å²) in [4.78, 5) is 27.7. The lowest BCUT2D eigenvalue weighted by Gasteiger charge is -2.26. The van der Waals surface area contributed by atoms with E-state index in [4.69, 9.17) is 16.3 Å². The molecule has 0 bridgehead atoms. The molecule has 0 fully saturated rings. The van der Waals surface area contributed by atoms with E-state index in [9.17, 15) is 33.0 Å². The van der Waals surface area contributed by atoms with Crippen molar-refractivity contribution >= 4 is 40.3 Å². The third-order valence-electron chi connectivity index (χ3n) is 4.84. The first-order chi connectivity index (χ1) is 13.6. The number of alkyl halides is 4. The molecule has 1 aromatic carbocycles. The maximum absolute atomic E-state index is 13.5. The summed E-state index contributed by atoms with van der Waals surface area (Å²) in [5, 5.41) is 19.6. The predicted molar refractivity (Wildman–Crippen MR) is 104 cm³/mol. The molecule has 164 valence electrons. The van der Waals surface area contributed by atoms with E-state index in [1.807, 2.05) is 4.98 Å². The summed E-state index contributed by atoms with van der Waals surface area (Å²) in [7, 11) is 0. The highest BCUT2D eigenvalue weighted by Crippen LogP contribution is 2.51. The number of nitrogens with one attached hydrogen (secondary N) is 1. The number of carbonyl (C=O) groups is 2. The van der Waals surface area contributed by atoms with Crippen LogP contribution in [0.2, 0.25) is 0 Å². The molecule has 1 atom stereocenters. The average Bonchev–Trinajstić information content (AvgIpc) is 3.10. The normalized spacial score (nSPS) is 19.3. The Balaban J connectivity index is 2.39. The zero-order chi connectivity index (χ0) is 22.8. The number of phenols is 1. The molecule has 1 aliphatic rings. The molecule has 7 nitrogen and oxygen atoms in total. The molecule has 0 saturated heterocycles. The van der Waals surface area contributed by atoms with E-state index < -0.39 is 46.3 Å². The summed E-state index contributed by atoms with van der Waals surface area (Å²) in [6, 6.07) is 1.11. The van der Waals surface area contributed by atoms with E-state index in [2.05, 4.69) is 0 Å². The summed E-state index contributed by atoms with van der Waals surface area (Å²) < 4.78 is 45.9. The number of aromatic carboxylic acids is 1. The van der Waals surface area contributed by atoms with Gasteiger partial charge < -0.3 is 19.9 Å². The van der Waals surface area contributed by atoms with Gasteiger partial charge in [-0.2, -0.15) is 13.2 Å². The minimum absolute atomic E-state index is 0.0487. The summed E-state index contributed by atoms with van der Waals surface area (Å²) >= 11 is 6.13. The number of hydrogen-bond acceptors (Lipinski definition) is 4. The molecule has 0 aliphatic carbocycles. The number of aromatic amines is 1.